The summed E-state index contributed by atoms with van der Waals surface area (Å²) >= 11 is 6.16. The summed E-state index contributed by atoms with van der Waals surface area (Å²) in [6.45, 7) is 4.78. The van der Waals surface area contributed by atoms with Crippen LogP contribution >= 0.6 is 11.6 Å². The van der Waals surface area contributed by atoms with Gasteiger partial charge in [0.2, 0.25) is 5.91 Å². The fourth-order valence-corrected chi connectivity index (χ4v) is 2.85. The van der Waals surface area contributed by atoms with Crippen molar-refractivity contribution in [2.45, 2.75) is 19.8 Å². The second-order valence-electron chi connectivity index (χ2n) is 5.53. The molecule has 20 heavy (non-hydrogen) atoms. The van der Waals surface area contributed by atoms with Crippen LogP contribution in [0.5, 0.6) is 0 Å². The highest BCUT2D eigenvalue weighted by molar-refractivity contribution is 6.34. The molecular formula is C15H22ClN3O. The molecule has 1 fully saturated rings. The van der Waals surface area contributed by atoms with E-state index in [-0.39, 0.29) is 5.91 Å². The molecule has 1 amide bonds. The van der Waals surface area contributed by atoms with Crippen LogP contribution in [0.25, 0.3) is 0 Å². The minimum absolute atomic E-state index is 0.113. The molecule has 0 saturated carbocycles. The van der Waals surface area contributed by atoms with E-state index in [0.717, 1.165) is 18.8 Å². The Morgan fingerprint density at radius 2 is 2.30 bits per heavy atom. The minimum Gasteiger partial charge on any atom is -0.385 e. The molecule has 4 nitrogen and oxygen atoms in total. The quantitative estimate of drug-likeness (QED) is 0.897. The molecule has 0 spiro atoms. The molecule has 0 aliphatic carbocycles. The lowest BCUT2D eigenvalue weighted by molar-refractivity contribution is -0.114. The highest BCUT2D eigenvalue weighted by atomic mass is 35.5. The number of carbonyl (C=O) groups excluding carboxylic acids is 1. The van der Waals surface area contributed by atoms with E-state index in [1.807, 2.05) is 18.2 Å². The van der Waals surface area contributed by atoms with Crippen LogP contribution in [-0.2, 0) is 4.79 Å². The Morgan fingerprint density at radius 1 is 1.50 bits per heavy atom. The zero-order chi connectivity index (χ0) is 14.5. The van der Waals surface area contributed by atoms with Crippen molar-refractivity contribution in [3.63, 3.8) is 0 Å². The van der Waals surface area contributed by atoms with Gasteiger partial charge in [0.05, 0.1) is 10.7 Å². The Balaban J connectivity index is 1.90. The molecule has 1 aliphatic heterocycles. The number of nitrogens with one attached hydrogen (secondary N) is 2. The van der Waals surface area contributed by atoms with Gasteiger partial charge in [-0.1, -0.05) is 11.6 Å². The Hall–Kier alpha value is -1.26. The molecule has 1 aliphatic rings. The highest BCUT2D eigenvalue weighted by Gasteiger charge is 2.16. The molecular weight excluding hydrogens is 274 g/mol. The summed E-state index contributed by atoms with van der Waals surface area (Å²) in [7, 11) is 2.17. The van der Waals surface area contributed by atoms with Crippen molar-refractivity contribution in [3.8, 4) is 0 Å². The van der Waals surface area contributed by atoms with Crippen LogP contribution in [0.1, 0.15) is 19.8 Å². The predicted molar refractivity (Wildman–Crippen MR) is 84.5 cm³/mol. The average molecular weight is 296 g/mol. The largest absolute Gasteiger partial charge is 0.385 e. The van der Waals surface area contributed by atoms with Crippen molar-refractivity contribution in [1.82, 2.24) is 4.90 Å². The molecule has 1 aromatic rings. The number of rotatable bonds is 4. The van der Waals surface area contributed by atoms with E-state index in [0.29, 0.717) is 16.6 Å². The molecule has 1 heterocycles. The van der Waals surface area contributed by atoms with E-state index in [9.17, 15) is 4.79 Å². The lowest BCUT2D eigenvalue weighted by atomic mass is 9.98. The molecule has 1 unspecified atom stereocenters. The number of nitrogens with zero attached hydrogens (tertiary/aromatic N) is 1. The fourth-order valence-electron chi connectivity index (χ4n) is 2.62. The summed E-state index contributed by atoms with van der Waals surface area (Å²) in [6, 6.07) is 5.64. The van der Waals surface area contributed by atoms with Gasteiger partial charge in [0, 0.05) is 25.7 Å². The van der Waals surface area contributed by atoms with Crippen molar-refractivity contribution in [2.75, 3.05) is 37.3 Å². The lowest BCUT2D eigenvalue weighted by Crippen LogP contribution is -2.35. The van der Waals surface area contributed by atoms with Gasteiger partial charge < -0.3 is 15.5 Å². The topological polar surface area (TPSA) is 44.4 Å². The second kappa shape index (κ2) is 6.95. The maximum absolute atomic E-state index is 11.0. The first kappa shape index (κ1) is 15.1. The first-order chi connectivity index (χ1) is 9.54. The third-order valence-corrected chi connectivity index (χ3v) is 3.91. The zero-order valence-electron chi connectivity index (χ0n) is 12.1. The molecule has 1 aromatic carbocycles. The van der Waals surface area contributed by atoms with Crippen molar-refractivity contribution in [1.29, 1.82) is 0 Å². The maximum atomic E-state index is 11.0. The Kier molecular flexibility index (Phi) is 5.26. The zero-order valence-corrected chi connectivity index (χ0v) is 12.8. The van der Waals surface area contributed by atoms with Crippen LogP contribution < -0.4 is 10.6 Å². The van der Waals surface area contributed by atoms with Gasteiger partial charge in [0.25, 0.3) is 0 Å². The van der Waals surface area contributed by atoms with E-state index < -0.39 is 0 Å². The number of hydrogen-bond acceptors (Lipinski definition) is 3. The number of benzene rings is 1. The molecule has 0 aromatic heterocycles. The number of carbonyl (C=O) groups is 1. The SMILES string of the molecule is CC(=O)Nc1ccc(NCC2CCCN(C)C2)cc1Cl. The normalized spacial score (nSPS) is 19.6. The first-order valence-corrected chi connectivity index (χ1v) is 7.42. The molecule has 2 N–H and O–H groups in total. The van der Waals surface area contributed by atoms with Crippen molar-refractivity contribution in [2.24, 2.45) is 5.92 Å². The summed E-state index contributed by atoms with van der Waals surface area (Å²) in [6.07, 6.45) is 2.54. The molecule has 2 rings (SSSR count). The summed E-state index contributed by atoms with van der Waals surface area (Å²) < 4.78 is 0. The third-order valence-electron chi connectivity index (χ3n) is 3.60. The van der Waals surface area contributed by atoms with Crippen molar-refractivity contribution in [3.05, 3.63) is 23.2 Å². The van der Waals surface area contributed by atoms with E-state index in [2.05, 4.69) is 22.6 Å². The molecule has 1 atom stereocenters. The van der Waals surface area contributed by atoms with Gasteiger partial charge in [-0.3, -0.25) is 4.79 Å². The number of piperidine rings is 1. The molecule has 1 saturated heterocycles. The number of anilines is 2. The monoisotopic (exact) mass is 295 g/mol. The van der Waals surface area contributed by atoms with E-state index in [1.54, 1.807) is 0 Å². The summed E-state index contributed by atoms with van der Waals surface area (Å²) in [5.74, 6) is 0.570. The smallest absolute Gasteiger partial charge is 0.221 e. The number of halogens is 1. The van der Waals surface area contributed by atoms with Gasteiger partial charge >= 0.3 is 0 Å². The fraction of sp³-hybridized carbons (Fsp3) is 0.533. The first-order valence-electron chi connectivity index (χ1n) is 7.04. The summed E-state index contributed by atoms with van der Waals surface area (Å²) in [5, 5.41) is 6.70. The third kappa shape index (κ3) is 4.39. The van der Waals surface area contributed by atoms with Crippen LogP contribution in [-0.4, -0.2) is 37.5 Å². The standard InChI is InChI=1S/C15H22ClN3O/c1-11(20)18-15-6-5-13(8-14(15)16)17-9-12-4-3-7-19(2)10-12/h5-6,8,12,17H,3-4,7,9-10H2,1-2H3,(H,18,20). The van der Waals surface area contributed by atoms with Crippen LogP contribution in [0.2, 0.25) is 5.02 Å². The average Bonchev–Trinajstić information content (AvgIpc) is 2.39. The van der Waals surface area contributed by atoms with E-state index in [1.165, 1.54) is 26.3 Å². The molecule has 0 bridgehead atoms. The van der Waals surface area contributed by atoms with Crippen LogP contribution in [0.4, 0.5) is 11.4 Å². The minimum atomic E-state index is -0.113. The van der Waals surface area contributed by atoms with Crippen LogP contribution in [0.15, 0.2) is 18.2 Å². The van der Waals surface area contributed by atoms with E-state index in [4.69, 9.17) is 11.6 Å². The van der Waals surface area contributed by atoms with Crippen LogP contribution in [0.3, 0.4) is 0 Å². The Labute approximate surface area is 125 Å². The van der Waals surface area contributed by atoms with Gasteiger partial charge in [-0.2, -0.15) is 0 Å². The van der Waals surface area contributed by atoms with Crippen LogP contribution in [0, 0.1) is 5.92 Å². The molecule has 0 radical (unpaired) electrons. The lowest BCUT2D eigenvalue weighted by Gasteiger charge is -2.30. The van der Waals surface area contributed by atoms with Gasteiger partial charge in [-0.15, -0.1) is 0 Å². The number of hydrogen-bond donors (Lipinski definition) is 2. The van der Waals surface area contributed by atoms with Gasteiger partial charge in [0.1, 0.15) is 0 Å². The highest BCUT2D eigenvalue weighted by Crippen LogP contribution is 2.26. The summed E-state index contributed by atoms with van der Waals surface area (Å²) in [5.41, 5.74) is 1.65. The Morgan fingerprint density at radius 3 is 2.95 bits per heavy atom. The summed E-state index contributed by atoms with van der Waals surface area (Å²) in [4.78, 5) is 13.4. The van der Waals surface area contributed by atoms with E-state index >= 15 is 0 Å². The van der Waals surface area contributed by atoms with Crippen molar-refractivity contribution < 1.29 is 4.79 Å². The predicted octanol–water partition coefficient (Wildman–Crippen LogP) is 3.05. The number of likely N-dealkylation sites (tertiary alicyclic amines) is 1. The number of amides is 1. The molecule has 5 heteroatoms. The second-order valence-corrected chi connectivity index (χ2v) is 5.93. The maximum Gasteiger partial charge on any atom is 0.221 e. The van der Waals surface area contributed by atoms with Gasteiger partial charge in [-0.25, -0.2) is 0 Å². The van der Waals surface area contributed by atoms with Crippen molar-refractivity contribution >= 4 is 28.9 Å². The van der Waals surface area contributed by atoms with Gasteiger partial charge in [-0.05, 0) is 50.6 Å². The Bertz CT molecular complexity index is 478. The molecule has 110 valence electrons. The van der Waals surface area contributed by atoms with Gasteiger partial charge in [0.15, 0.2) is 0 Å².